The third kappa shape index (κ3) is 3.43. The molecule has 0 unspecified atom stereocenters. The molecule has 4 aromatic rings. The van der Waals surface area contributed by atoms with Gasteiger partial charge in [-0.3, -0.25) is 0 Å². The summed E-state index contributed by atoms with van der Waals surface area (Å²) in [6, 6.07) is 15.7. The smallest absolute Gasteiger partial charge is 0.235 e. The summed E-state index contributed by atoms with van der Waals surface area (Å²) in [5, 5.41) is 13.9. The third-order valence-electron chi connectivity index (χ3n) is 4.09. The van der Waals surface area contributed by atoms with Crippen molar-refractivity contribution in [1.29, 1.82) is 0 Å². The summed E-state index contributed by atoms with van der Waals surface area (Å²) < 4.78 is 12.9. The van der Waals surface area contributed by atoms with E-state index in [9.17, 15) is 0 Å². The molecular weight excluding hydrogens is 362 g/mol. The minimum atomic E-state index is 0.341. The standard InChI is InChI=1S/C19H19N5O2S/c1-23(2)14-10-8-13(9-11-14)18-20-21-19-24(18)22-17(27-19)12-26-16-7-5-4-6-15(16)25-3/h4-11H,12H2,1-3H3. The fourth-order valence-corrected chi connectivity index (χ4v) is 3.43. The number of nitrogens with zero attached hydrogens (tertiary/aromatic N) is 5. The van der Waals surface area contributed by atoms with Crippen LogP contribution in [-0.4, -0.2) is 41.0 Å². The molecule has 4 rings (SSSR count). The highest BCUT2D eigenvalue weighted by Crippen LogP contribution is 2.28. The fraction of sp³-hybridized carbons (Fsp3) is 0.211. The predicted octanol–water partition coefficient (Wildman–Crippen LogP) is 3.51. The number of fused-ring (bicyclic) bond motifs is 1. The predicted molar refractivity (Wildman–Crippen MR) is 106 cm³/mol. The van der Waals surface area contributed by atoms with Gasteiger partial charge in [-0.05, 0) is 36.4 Å². The van der Waals surface area contributed by atoms with Crippen LogP contribution in [0.4, 0.5) is 5.69 Å². The zero-order chi connectivity index (χ0) is 18.8. The van der Waals surface area contributed by atoms with E-state index in [1.807, 2.05) is 50.5 Å². The quantitative estimate of drug-likeness (QED) is 0.509. The Bertz CT molecular complexity index is 1060. The van der Waals surface area contributed by atoms with Gasteiger partial charge in [-0.25, -0.2) is 0 Å². The van der Waals surface area contributed by atoms with Gasteiger partial charge in [0.2, 0.25) is 4.96 Å². The van der Waals surface area contributed by atoms with E-state index in [0.29, 0.717) is 18.1 Å². The van der Waals surface area contributed by atoms with Crippen molar-refractivity contribution >= 4 is 22.0 Å². The second-order valence-electron chi connectivity index (χ2n) is 6.09. The average molecular weight is 381 g/mol. The number of anilines is 1. The van der Waals surface area contributed by atoms with E-state index in [2.05, 4.69) is 32.3 Å². The average Bonchev–Trinajstić information content (AvgIpc) is 3.27. The van der Waals surface area contributed by atoms with E-state index in [0.717, 1.165) is 27.0 Å². The van der Waals surface area contributed by atoms with Gasteiger partial charge in [0, 0.05) is 25.3 Å². The minimum absolute atomic E-state index is 0.341. The van der Waals surface area contributed by atoms with Crippen molar-refractivity contribution in [3.05, 3.63) is 53.5 Å². The van der Waals surface area contributed by atoms with E-state index in [4.69, 9.17) is 9.47 Å². The molecule has 0 aliphatic rings. The molecule has 0 N–H and O–H groups in total. The molecule has 7 nitrogen and oxygen atoms in total. The summed E-state index contributed by atoms with van der Waals surface area (Å²) in [5.74, 6) is 2.10. The number of para-hydroxylation sites is 2. The van der Waals surface area contributed by atoms with Crippen LogP contribution in [0, 0.1) is 0 Å². The van der Waals surface area contributed by atoms with Crippen molar-refractivity contribution in [2.75, 3.05) is 26.1 Å². The fourth-order valence-electron chi connectivity index (χ4n) is 2.68. The van der Waals surface area contributed by atoms with Gasteiger partial charge in [0.1, 0.15) is 6.61 Å². The van der Waals surface area contributed by atoms with Crippen LogP contribution in [0.25, 0.3) is 16.3 Å². The lowest BCUT2D eigenvalue weighted by Gasteiger charge is -2.12. The molecular formula is C19H19N5O2S. The number of rotatable bonds is 6. The van der Waals surface area contributed by atoms with Crippen LogP contribution >= 0.6 is 11.3 Å². The largest absolute Gasteiger partial charge is 0.493 e. The topological polar surface area (TPSA) is 64.8 Å². The number of hydrogen-bond donors (Lipinski definition) is 0. The minimum Gasteiger partial charge on any atom is -0.493 e. The molecule has 0 bridgehead atoms. The number of aromatic nitrogens is 4. The highest BCUT2D eigenvalue weighted by molar-refractivity contribution is 7.16. The van der Waals surface area contributed by atoms with Crippen LogP contribution in [0.15, 0.2) is 48.5 Å². The maximum absolute atomic E-state index is 5.86. The summed E-state index contributed by atoms with van der Waals surface area (Å²) in [4.78, 5) is 2.79. The van der Waals surface area contributed by atoms with E-state index in [-0.39, 0.29) is 0 Å². The molecule has 0 saturated heterocycles. The molecule has 0 radical (unpaired) electrons. The molecule has 0 fully saturated rings. The Morgan fingerprint density at radius 2 is 1.74 bits per heavy atom. The Morgan fingerprint density at radius 3 is 2.44 bits per heavy atom. The number of hydrogen-bond acceptors (Lipinski definition) is 7. The van der Waals surface area contributed by atoms with E-state index < -0.39 is 0 Å². The van der Waals surface area contributed by atoms with E-state index in [1.165, 1.54) is 11.3 Å². The van der Waals surface area contributed by atoms with E-state index >= 15 is 0 Å². The van der Waals surface area contributed by atoms with Crippen LogP contribution in [0.1, 0.15) is 5.01 Å². The van der Waals surface area contributed by atoms with Crippen LogP contribution in [0.3, 0.4) is 0 Å². The van der Waals surface area contributed by atoms with Crippen LogP contribution in [-0.2, 0) is 6.61 Å². The molecule has 27 heavy (non-hydrogen) atoms. The van der Waals surface area contributed by atoms with Gasteiger partial charge >= 0.3 is 0 Å². The molecule has 0 aliphatic carbocycles. The molecule has 138 valence electrons. The second-order valence-corrected chi connectivity index (χ2v) is 7.14. The molecule has 2 heterocycles. The van der Waals surface area contributed by atoms with E-state index in [1.54, 1.807) is 11.6 Å². The van der Waals surface area contributed by atoms with Crippen molar-refractivity contribution in [2.24, 2.45) is 0 Å². The van der Waals surface area contributed by atoms with Gasteiger partial charge in [0.05, 0.1) is 7.11 Å². The molecule has 8 heteroatoms. The van der Waals surface area contributed by atoms with Crippen molar-refractivity contribution < 1.29 is 9.47 Å². The Morgan fingerprint density at radius 1 is 1.00 bits per heavy atom. The summed E-state index contributed by atoms with van der Waals surface area (Å²) in [6.45, 7) is 0.341. The summed E-state index contributed by atoms with van der Waals surface area (Å²) >= 11 is 1.46. The molecule has 0 atom stereocenters. The Balaban J connectivity index is 1.57. The van der Waals surface area contributed by atoms with Gasteiger partial charge in [0.15, 0.2) is 22.3 Å². The molecule has 0 aliphatic heterocycles. The van der Waals surface area contributed by atoms with Gasteiger partial charge in [-0.15, -0.1) is 10.2 Å². The first-order valence-electron chi connectivity index (χ1n) is 8.40. The summed E-state index contributed by atoms with van der Waals surface area (Å²) in [5.41, 5.74) is 2.10. The zero-order valence-corrected chi connectivity index (χ0v) is 16.1. The van der Waals surface area contributed by atoms with Gasteiger partial charge in [-0.2, -0.15) is 9.61 Å². The van der Waals surface area contributed by atoms with Crippen molar-refractivity contribution in [1.82, 2.24) is 19.8 Å². The Hall–Kier alpha value is -3.13. The molecule has 0 amide bonds. The zero-order valence-electron chi connectivity index (χ0n) is 15.3. The first-order valence-corrected chi connectivity index (χ1v) is 9.22. The number of ether oxygens (including phenoxy) is 2. The lowest BCUT2D eigenvalue weighted by atomic mass is 10.2. The second kappa shape index (κ2) is 7.24. The molecule has 0 spiro atoms. The highest BCUT2D eigenvalue weighted by Gasteiger charge is 2.14. The van der Waals surface area contributed by atoms with Crippen LogP contribution in [0.5, 0.6) is 11.5 Å². The lowest BCUT2D eigenvalue weighted by Crippen LogP contribution is -2.08. The van der Waals surface area contributed by atoms with Gasteiger partial charge in [-0.1, -0.05) is 23.5 Å². The normalized spacial score (nSPS) is 10.9. The highest BCUT2D eigenvalue weighted by atomic mass is 32.1. The van der Waals surface area contributed by atoms with Crippen LogP contribution in [0.2, 0.25) is 0 Å². The van der Waals surface area contributed by atoms with Gasteiger partial charge < -0.3 is 14.4 Å². The number of methoxy groups -OCH3 is 1. The SMILES string of the molecule is COc1ccccc1OCc1nn2c(-c3ccc(N(C)C)cc3)nnc2s1. The lowest BCUT2D eigenvalue weighted by molar-refractivity contribution is 0.283. The first-order chi connectivity index (χ1) is 13.2. The van der Waals surface area contributed by atoms with Gasteiger partial charge in [0.25, 0.3) is 0 Å². The maximum Gasteiger partial charge on any atom is 0.235 e. The summed E-state index contributed by atoms with van der Waals surface area (Å²) in [7, 11) is 5.65. The molecule has 2 aromatic heterocycles. The van der Waals surface area contributed by atoms with Crippen molar-refractivity contribution in [3.63, 3.8) is 0 Å². The first kappa shape index (κ1) is 17.3. The maximum atomic E-state index is 5.86. The Kier molecular flexibility index (Phi) is 4.64. The third-order valence-corrected chi connectivity index (χ3v) is 4.97. The Labute approximate surface area is 160 Å². The molecule has 0 saturated carbocycles. The van der Waals surface area contributed by atoms with Crippen LogP contribution < -0.4 is 14.4 Å². The monoisotopic (exact) mass is 381 g/mol. The van der Waals surface area contributed by atoms with Crippen molar-refractivity contribution in [3.8, 4) is 22.9 Å². The van der Waals surface area contributed by atoms with Crippen molar-refractivity contribution in [2.45, 2.75) is 6.61 Å². The molecule has 2 aromatic carbocycles. The number of benzene rings is 2. The summed E-state index contributed by atoms with van der Waals surface area (Å²) in [6.07, 6.45) is 0.